The number of hydrogen-bond acceptors (Lipinski definition) is 28. The standard InChI is InChI=1S/C40H73NO27/c1-14(2)59-32-25(52)20(47)15(9-42)62-37(32)67-34-27(54)22(49)17(11-44)64-39(34)68-33-26(53)21(48)16(10-43)63-38(33)66-31-24(51)19(13-46)61-36(29(31)56)65-30-23(50)18(12-45)60-35(28(30)55)40(3,4)58-8-7-57-6-5-41/h14-39,42-56H,5-13,41H2,1-4H3/t15?,16?,17?,18?,19-,20-,21-,22-,23-,24-,25?,26?,27?,28?,29?,30?,31?,32?,33?,34?,35+,36-,37-,38-,39-/m1/s1. The molecule has 14 unspecified atom stereocenters. The van der Waals surface area contributed by atoms with Crippen LogP contribution in [0.5, 0.6) is 0 Å². The van der Waals surface area contributed by atoms with Gasteiger partial charge in [0.2, 0.25) is 0 Å². The molecule has 5 heterocycles. The Balaban J connectivity index is 1.43. The highest BCUT2D eigenvalue weighted by Crippen LogP contribution is 2.38. The molecule has 28 heteroatoms. The minimum Gasteiger partial charge on any atom is -0.394 e. The number of nitrogens with two attached hydrogens (primary N) is 1. The molecule has 5 fully saturated rings. The maximum Gasteiger partial charge on any atom is 0.187 e. The summed E-state index contributed by atoms with van der Waals surface area (Å²) in [7, 11) is 0. The van der Waals surface area contributed by atoms with Crippen LogP contribution in [-0.4, -0.2) is 301 Å². The Bertz CT molecular complexity index is 1480. The van der Waals surface area contributed by atoms with E-state index in [4.69, 9.17) is 62.6 Å². The van der Waals surface area contributed by atoms with Gasteiger partial charge in [-0.3, -0.25) is 0 Å². The molecule has 68 heavy (non-hydrogen) atoms. The van der Waals surface area contributed by atoms with Crippen LogP contribution in [-0.2, 0) is 56.8 Å². The molecule has 0 aromatic carbocycles. The smallest absolute Gasteiger partial charge is 0.187 e. The van der Waals surface area contributed by atoms with Crippen molar-refractivity contribution in [3.63, 3.8) is 0 Å². The van der Waals surface area contributed by atoms with Crippen molar-refractivity contribution in [2.75, 3.05) is 59.4 Å². The highest BCUT2D eigenvalue weighted by Gasteiger charge is 2.58. The summed E-state index contributed by atoms with van der Waals surface area (Å²) in [5, 5.41) is 163. The number of aliphatic hydroxyl groups is 15. The average molecular weight is 1000 g/mol. The normalized spacial score (nSPS) is 46.3. The second kappa shape index (κ2) is 25.7. The van der Waals surface area contributed by atoms with Crippen LogP contribution < -0.4 is 5.73 Å². The molecule has 0 aromatic rings. The van der Waals surface area contributed by atoms with Crippen molar-refractivity contribution in [2.24, 2.45) is 5.73 Å². The SMILES string of the molecule is CC(C)OC1C(O)[C@H](O)C(CO)O[C@@H]1OC1C(O)[C@H](O)C(CO)O[C@@H]1OC1C(O)[C@H](O)C(CO)O[C@@H]1OC1C(O)[C@@H](OC2C(O)[C@@H](C(C)(C)OCCOCCN)OC(CO)[C@H]2O)O[C@H](CO)[C@H]1O. The fourth-order valence-corrected chi connectivity index (χ4v) is 8.65. The molecule has 5 aliphatic heterocycles. The molecule has 0 aromatic heterocycles. The minimum atomic E-state index is -2.15. The Morgan fingerprint density at radius 1 is 0.426 bits per heavy atom. The Morgan fingerprint density at radius 3 is 1.24 bits per heavy atom. The summed E-state index contributed by atoms with van der Waals surface area (Å²) in [4.78, 5) is 0. The monoisotopic (exact) mass is 999 g/mol. The van der Waals surface area contributed by atoms with Crippen molar-refractivity contribution in [1.82, 2.24) is 0 Å². The van der Waals surface area contributed by atoms with E-state index in [1.54, 1.807) is 27.7 Å². The number of rotatable bonds is 22. The highest BCUT2D eigenvalue weighted by molar-refractivity contribution is 5.02. The molecule has 28 nitrogen and oxygen atoms in total. The topological polar surface area (TPSA) is 440 Å². The van der Waals surface area contributed by atoms with E-state index in [2.05, 4.69) is 0 Å². The second-order valence-corrected chi connectivity index (χ2v) is 18.0. The number of hydrogen-bond donors (Lipinski definition) is 16. The predicted octanol–water partition coefficient (Wildman–Crippen LogP) is -9.67. The quantitative estimate of drug-likeness (QED) is 0.0448. The van der Waals surface area contributed by atoms with Crippen LogP contribution in [0.3, 0.4) is 0 Å². The van der Waals surface area contributed by atoms with Gasteiger partial charge in [0.25, 0.3) is 0 Å². The van der Waals surface area contributed by atoms with Crippen molar-refractivity contribution in [1.29, 1.82) is 0 Å². The van der Waals surface area contributed by atoms with Crippen LogP contribution in [0.1, 0.15) is 27.7 Å². The summed E-state index contributed by atoms with van der Waals surface area (Å²) < 4.78 is 69.8. The molecule has 25 atom stereocenters. The lowest BCUT2D eigenvalue weighted by atomic mass is 9.86. The Kier molecular flexibility index (Phi) is 21.8. The molecule has 0 bridgehead atoms. The van der Waals surface area contributed by atoms with Crippen LogP contribution in [0.15, 0.2) is 0 Å². The summed E-state index contributed by atoms with van der Waals surface area (Å²) >= 11 is 0. The van der Waals surface area contributed by atoms with Gasteiger partial charge in [0.05, 0.1) is 64.6 Å². The summed E-state index contributed by atoms with van der Waals surface area (Å²) in [6.07, 6.45) is -45.9. The largest absolute Gasteiger partial charge is 0.394 e. The third kappa shape index (κ3) is 13.0. The minimum absolute atomic E-state index is 0.0156. The maximum absolute atomic E-state index is 11.8. The van der Waals surface area contributed by atoms with Crippen molar-refractivity contribution >= 4 is 0 Å². The molecule has 0 saturated carbocycles. The Hall–Kier alpha value is -1.12. The van der Waals surface area contributed by atoms with E-state index >= 15 is 0 Å². The molecule has 0 amide bonds. The van der Waals surface area contributed by atoms with Gasteiger partial charge in [-0.2, -0.15) is 0 Å². The van der Waals surface area contributed by atoms with Crippen molar-refractivity contribution < 1.29 is 133 Å². The number of aliphatic hydroxyl groups excluding tert-OH is 15. The van der Waals surface area contributed by atoms with Gasteiger partial charge >= 0.3 is 0 Å². The highest BCUT2D eigenvalue weighted by atomic mass is 16.8. The van der Waals surface area contributed by atoms with Crippen molar-refractivity contribution in [3.8, 4) is 0 Å². The van der Waals surface area contributed by atoms with Crippen LogP contribution in [0.4, 0.5) is 0 Å². The van der Waals surface area contributed by atoms with Gasteiger partial charge in [-0.1, -0.05) is 0 Å². The first kappa shape index (κ1) is 57.8. The van der Waals surface area contributed by atoms with Gasteiger partial charge in [0, 0.05) is 6.54 Å². The van der Waals surface area contributed by atoms with E-state index < -0.39 is 198 Å². The average Bonchev–Trinajstić information content (AvgIpc) is 3.30. The zero-order valence-corrected chi connectivity index (χ0v) is 38.1. The lowest BCUT2D eigenvalue weighted by Crippen LogP contribution is -2.69. The van der Waals surface area contributed by atoms with E-state index in [1.165, 1.54) is 0 Å². The molecule has 0 radical (unpaired) electrons. The van der Waals surface area contributed by atoms with E-state index in [1.807, 2.05) is 0 Å². The van der Waals surface area contributed by atoms with Crippen LogP contribution in [0.25, 0.3) is 0 Å². The zero-order chi connectivity index (χ0) is 50.4. The lowest BCUT2D eigenvalue weighted by Gasteiger charge is -2.51. The van der Waals surface area contributed by atoms with Gasteiger partial charge in [0.1, 0.15) is 128 Å². The first-order valence-electron chi connectivity index (χ1n) is 22.5. The lowest BCUT2D eigenvalue weighted by molar-refractivity contribution is -0.407. The first-order valence-corrected chi connectivity index (χ1v) is 22.5. The third-order valence-electron chi connectivity index (χ3n) is 12.4. The van der Waals surface area contributed by atoms with Crippen molar-refractivity contribution in [3.05, 3.63) is 0 Å². The van der Waals surface area contributed by atoms with Crippen LogP contribution in [0.2, 0.25) is 0 Å². The molecular weight excluding hydrogens is 926 g/mol. The van der Waals surface area contributed by atoms with Gasteiger partial charge in [0.15, 0.2) is 25.2 Å². The molecular formula is C40H73NO27. The molecule has 17 N–H and O–H groups in total. The fraction of sp³-hybridized carbons (Fsp3) is 1.00. The molecule has 0 spiro atoms. The summed E-state index contributed by atoms with van der Waals surface area (Å²) in [5.41, 5.74) is 4.12. The molecule has 400 valence electrons. The predicted molar refractivity (Wildman–Crippen MR) is 218 cm³/mol. The summed E-state index contributed by atoms with van der Waals surface area (Å²) in [5.74, 6) is 0. The van der Waals surface area contributed by atoms with Gasteiger partial charge in [-0.25, -0.2) is 0 Å². The molecule has 5 rings (SSSR count). The summed E-state index contributed by atoms with van der Waals surface area (Å²) in [6, 6.07) is 0. The van der Waals surface area contributed by atoms with Crippen molar-refractivity contribution in [2.45, 2.75) is 193 Å². The second-order valence-electron chi connectivity index (χ2n) is 18.0. The Morgan fingerprint density at radius 2 is 0.794 bits per heavy atom. The third-order valence-corrected chi connectivity index (χ3v) is 12.4. The van der Waals surface area contributed by atoms with Gasteiger partial charge in [-0.15, -0.1) is 0 Å². The summed E-state index contributed by atoms with van der Waals surface area (Å²) in [6.45, 7) is 2.47. The van der Waals surface area contributed by atoms with Gasteiger partial charge < -0.3 is 139 Å². The van der Waals surface area contributed by atoms with E-state index in [0.717, 1.165) is 0 Å². The van der Waals surface area contributed by atoms with Gasteiger partial charge in [-0.05, 0) is 27.7 Å². The van der Waals surface area contributed by atoms with E-state index in [9.17, 15) is 76.6 Å². The Labute approximate surface area is 391 Å². The zero-order valence-electron chi connectivity index (χ0n) is 38.1. The molecule has 0 aliphatic carbocycles. The molecule has 5 saturated heterocycles. The van der Waals surface area contributed by atoms with E-state index in [-0.39, 0.29) is 26.4 Å². The van der Waals surface area contributed by atoms with Crippen LogP contribution in [0, 0.1) is 0 Å². The molecule has 5 aliphatic rings. The van der Waals surface area contributed by atoms with E-state index in [0.29, 0.717) is 0 Å². The maximum atomic E-state index is 11.8. The number of ether oxygens (including phenoxy) is 12. The fourth-order valence-electron chi connectivity index (χ4n) is 8.65. The van der Waals surface area contributed by atoms with Crippen LogP contribution >= 0.6 is 0 Å². The first-order chi connectivity index (χ1) is 32.2.